The molecule has 8 nitrogen and oxygen atoms in total. The molecule has 2 aromatic rings. The second-order valence-electron chi connectivity index (χ2n) is 8.73. The smallest absolute Gasteiger partial charge is 0.408 e. The number of rotatable bonds is 12. The van der Waals surface area contributed by atoms with Gasteiger partial charge in [0.1, 0.15) is 6.07 Å². The predicted molar refractivity (Wildman–Crippen MR) is 124 cm³/mol. The number of hydrogen-bond acceptors (Lipinski definition) is 6. The molecule has 1 aromatic heterocycles. The molecular weight excluding hydrogens is 420 g/mol. The van der Waals surface area contributed by atoms with Crippen LogP contribution in [0.15, 0.2) is 46.9 Å². The standard InChI is InChI=1S/C25H32N4O4/c1-6-8-14-19(22(30)17(3)16-26)29(24(31)32)20(25(4,5)7-2)15-21-27-28-23(33-21)18-12-10-9-11-13-18/h9-13,19-20H,3,6-8,14-15H2,1-2,4-5H3,(H,31,32)/t19-,20-/m0/s1. The predicted octanol–water partition coefficient (Wildman–Crippen LogP) is 5.27. The summed E-state index contributed by atoms with van der Waals surface area (Å²) in [7, 11) is 0. The topological polar surface area (TPSA) is 120 Å². The van der Waals surface area contributed by atoms with Crippen LogP contribution in [-0.4, -0.2) is 44.2 Å². The first-order chi connectivity index (χ1) is 15.7. The van der Waals surface area contributed by atoms with Gasteiger partial charge in [-0.15, -0.1) is 10.2 Å². The number of carbonyl (C=O) groups excluding carboxylic acids is 1. The molecule has 1 heterocycles. The average molecular weight is 453 g/mol. The Balaban J connectivity index is 2.49. The van der Waals surface area contributed by atoms with E-state index in [9.17, 15) is 20.0 Å². The Morgan fingerprint density at radius 2 is 1.91 bits per heavy atom. The van der Waals surface area contributed by atoms with Gasteiger partial charge in [0.25, 0.3) is 0 Å². The summed E-state index contributed by atoms with van der Waals surface area (Å²) in [5, 5.41) is 27.7. The minimum atomic E-state index is -1.23. The molecule has 0 bridgehead atoms. The number of unbranched alkanes of at least 4 members (excludes halogenated alkanes) is 1. The van der Waals surface area contributed by atoms with E-state index in [0.717, 1.165) is 12.0 Å². The van der Waals surface area contributed by atoms with Crippen molar-refractivity contribution in [2.45, 2.75) is 71.9 Å². The summed E-state index contributed by atoms with van der Waals surface area (Å²) < 4.78 is 5.86. The summed E-state index contributed by atoms with van der Waals surface area (Å²) in [5.41, 5.74) is -0.00286. The molecule has 0 unspecified atom stereocenters. The molecule has 1 aromatic carbocycles. The van der Waals surface area contributed by atoms with Crippen molar-refractivity contribution in [3.8, 4) is 17.5 Å². The Morgan fingerprint density at radius 3 is 2.45 bits per heavy atom. The van der Waals surface area contributed by atoms with E-state index in [1.165, 1.54) is 4.90 Å². The fourth-order valence-electron chi connectivity index (χ4n) is 3.72. The number of Topliss-reactive ketones (excluding diaryl/α,β-unsaturated/α-hetero) is 1. The zero-order chi connectivity index (χ0) is 24.6. The number of carboxylic acid groups (broad SMARTS) is 1. The molecule has 0 aliphatic heterocycles. The maximum Gasteiger partial charge on any atom is 0.408 e. The number of nitrogens with zero attached hydrogens (tertiary/aromatic N) is 4. The number of hydrogen-bond donors (Lipinski definition) is 1. The molecule has 1 amide bonds. The number of carbonyl (C=O) groups is 2. The largest absolute Gasteiger partial charge is 0.465 e. The first-order valence-electron chi connectivity index (χ1n) is 11.2. The lowest BCUT2D eigenvalue weighted by Gasteiger charge is -2.43. The number of aromatic nitrogens is 2. The van der Waals surface area contributed by atoms with E-state index in [4.69, 9.17) is 4.42 Å². The van der Waals surface area contributed by atoms with Gasteiger partial charge in [0, 0.05) is 18.0 Å². The van der Waals surface area contributed by atoms with E-state index in [2.05, 4.69) is 16.8 Å². The highest BCUT2D eigenvalue weighted by Gasteiger charge is 2.43. The van der Waals surface area contributed by atoms with E-state index < -0.39 is 29.4 Å². The minimum Gasteiger partial charge on any atom is -0.465 e. The van der Waals surface area contributed by atoms with Gasteiger partial charge < -0.3 is 9.52 Å². The van der Waals surface area contributed by atoms with Crippen LogP contribution in [0.1, 0.15) is 59.3 Å². The average Bonchev–Trinajstić information content (AvgIpc) is 3.28. The van der Waals surface area contributed by atoms with Crippen LogP contribution in [-0.2, 0) is 11.2 Å². The Bertz CT molecular complexity index is 1010. The second-order valence-corrected chi connectivity index (χ2v) is 8.73. The van der Waals surface area contributed by atoms with Crippen molar-refractivity contribution in [1.29, 1.82) is 5.26 Å². The molecule has 1 N–H and O–H groups in total. The van der Waals surface area contributed by atoms with Gasteiger partial charge in [-0.05, 0) is 30.4 Å². The van der Waals surface area contributed by atoms with E-state index in [0.29, 0.717) is 25.2 Å². The van der Waals surface area contributed by atoms with Crippen LogP contribution < -0.4 is 0 Å². The zero-order valence-electron chi connectivity index (χ0n) is 19.7. The van der Waals surface area contributed by atoms with E-state index in [1.54, 1.807) is 6.07 Å². The summed E-state index contributed by atoms with van der Waals surface area (Å²) in [4.78, 5) is 26.7. The van der Waals surface area contributed by atoms with Crippen LogP contribution in [0.25, 0.3) is 11.5 Å². The quantitative estimate of drug-likeness (QED) is 0.344. The van der Waals surface area contributed by atoms with Crippen molar-refractivity contribution in [1.82, 2.24) is 15.1 Å². The van der Waals surface area contributed by atoms with Gasteiger partial charge in [0.15, 0.2) is 5.78 Å². The van der Waals surface area contributed by atoms with Crippen LogP contribution in [0.5, 0.6) is 0 Å². The van der Waals surface area contributed by atoms with Gasteiger partial charge in [-0.1, -0.05) is 65.3 Å². The normalized spacial score (nSPS) is 13.1. The lowest BCUT2D eigenvalue weighted by molar-refractivity contribution is -0.121. The maximum atomic E-state index is 13.0. The van der Waals surface area contributed by atoms with Crippen molar-refractivity contribution in [2.24, 2.45) is 5.41 Å². The highest BCUT2D eigenvalue weighted by atomic mass is 16.4. The van der Waals surface area contributed by atoms with Gasteiger partial charge in [0.2, 0.25) is 11.8 Å². The third-order valence-corrected chi connectivity index (χ3v) is 6.13. The molecular formula is C25H32N4O4. The van der Waals surface area contributed by atoms with Crippen LogP contribution in [0.2, 0.25) is 0 Å². The third kappa shape index (κ3) is 6.28. The molecule has 0 spiro atoms. The first-order valence-corrected chi connectivity index (χ1v) is 11.2. The third-order valence-electron chi connectivity index (χ3n) is 6.13. The monoisotopic (exact) mass is 452 g/mol. The molecule has 0 aliphatic carbocycles. The van der Waals surface area contributed by atoms with Crippen molar-refractivity contribution in [3.63, 3.8) is 0 Å². The molecule has 176 valence electrons. The van der Waals surface area contributed by atoms with Crippen LogP contribution in [0, 0.1) is 16.7 Å². The molecule has 0 saturated heterocycles. The highest BCUT2D eigenvalue weighted by molar-refractivity contribution is 6.03. The van der Waals surface area contributed by atoms with Crippen molar-refractivity contribution < 1.29 is 19.1 Å². The van der Waals surface area contributed by atoms with Crippen LogP contribution >= 0.6 is 0 Å². The maximum absolute atomic E-state index is 13.0. The fourth-order valence-corrected chi connectivity index (χ4v) is 3.72. The fraction of sp³-hybridized carbons (Fsp3) is 0.480. The zero-order valence-corrected chi connectivity index (χ0v) is 19.7. The SMILES string of the molecule is C=C(C#N)C(=O)[C@H](CCCC)N(C(=O)O)[C@@H](Cc1nnc(-c2ccccc2)o1)C(C)(C)CC. The summed E-state index contributed by atoms with van der Waals surface area (Å²) in [6, 6.07) is 9.43. The molecule has 2 atom stereocenters. The van der Waals surface area contributed by atoms with Gasteiger partial charge in [0.05, 0.1) is 11.6 Å². The van der Waals surface area contributed by atoms with Gasteiger partial charge in [-0.2, -0.15) is 5.26 Å². The lowest BCUT2D eigenvalue weighted by Crippen LogP contribution is -2.56. The summed E-state index contributed by atoms with van der Waals surface area (Å²) in [6.07, 6.45) is 1.28. The number of nitriles is 1. The second kappa shape index (κ2) is 11.4. The molecule has 0 aliphatic rings. The Hall–Kier alpha value is -3.47. The summed E-state index contributed by atoms with van der Waals surface area (Å²) >= 11 is 0. The summed E-state index contributed by atoms with van der Waals surface area (Å²) in [6.45, 7) is 11.4. The molecule has 0 saturated carbocycles. The van der Waals surface area contributed by atoms with Crippen molar-refractivity contribution in [3.05, 3.63) is 48.4 Å². The minimum absolute atomic E-state index is 0.141. The first kappa shape index (κ1) is 25.8. The summed E-state index contributed by atoms with van der Waals surface area (Å²) in [5.74, 6) is 0.0604. The highest BCUT2D eigenvalue weighted by Crippen LogP contribution is 2.34. The van der Waals surface area contributed by atoms with Crippen LogP contribution in [0.3, 0.4) is 0 Å². The van der Waals surface area contributed by atoms with E-state index in [1.807, 2.05) is 58.0 Å². The Labute approximate surface area is 194 Å². The molecule has 33 heavy (non-hydrogen) atoms. The van der Waals surface area contributed by atoms with Gasteiger partial charge in [-0.3, -0.25) is 9.69 Å². The van der Waals surface area contributed by atoms with Gasteiger partial charge >= 0.3 is 6.09 Å². The molecule has 2 rings (SSSR count). The molecule has 8 heteroatoms. The Kier molecular flexibility index (Phi) is 8.92. The van der Waals surface area contributed by atoms with Crippen LogP contribution in [0.4, 0.5) is 4.79 Å². The van der Waals surface area contributed by atoms with Crippen molar-refractivity contribution >= 4 is 11.9 Å². The lowest BCUT2D eigenvalue weighted by atomic mass is 9.78. The van der Waals surface area contributed by atoms with E-state index in [-0.39, 0.29) is 17.9 Å². The van der Waals surface area contributed by atoms with Crippen molar-refractivity contribution in [2.75, 3.05) is 0 Å². The van der Waals surface area contributed by atoms with E-state index >= 15 is 0 Å². The number of benzene rings is 1. The molecule has 0 radical (unpaired) electrons. The number of ketones is 1. The molecule has 0 fully saturated rings. The number of amides is 1. The van der Waals surface area contributed by atoms with Gasteiger partial charge in [-0.25, -0.2) is 4.79 Å². The Morgan fingerprint density at radius 1 is 1.24 bits per heavy atom.